The van der Waals surface area contributed by atoms with E-state index in [0.717, 1.165) is 24.5 Å². The van der Waals surface area contributed by atoms with Gasteiger partial charge in [-0.25, -0.2) is 4.79 Å². The van der Waals surface area contributed by atoms with Crippen molar-refractivity contribution in [3.05, 3.63) is 24.3 Å². The molecule has 0 saturated carbocycles. The highest BCUT2D eigenvalue weighted by molar-refractivity contribution is 5.89. The maximum atomic E-state index is 12.3. The Morgan fingerprint density at radius 3 is 2.33 bits per heavy atom. The van der Waals surface area contributed by atoms with E-state index in [4.69, 9.17) is 9.47 Å². The number of hydrogen-bond acceptors (Lipinski definition) is 4. The van der Waals surface area contributed by atoms with Crippen molar-refractivity contribution < 1.29 is 14.3 Å². The average molecular weight is 333 g/mol. The molecule has 2 aliphatic heterocycles. The van der Waals surface area contributed by atoms with E-state index in [-0.39, 0.29) is 24.3 Å². The number of nitrogens with one attached hydrogen (secondary N) is 1. The molecule has 6 heteroatoms. The van der Waals surface area contributed by atoms with Crippen LogP contribution in [0.4, 0.5) is 16.2 Å². The fourth-order valence-corrected chi connectivity index (χ4v) is 3.35. The summed E-state index contributed by atoms with van der Waals surface area (Å²) in [6.07, 6.45) is 0.560. The molecule has 0 unspecified atom stereocenters. The van der Waals surface area contributed by atoms with Crippen LogP contribution in [0.5, 0.6) is 0 Å². The lowest BCUT2D eigenvalue weighted by molar-refractivity contribution is -0.00522. The number of anilines is 2. The van der Waals surface area contributed by atoms with Gasteiger partial charge in [0.15, 0.2) is 0 Å². The molecule has 0 radical (unpaired) electrons. The first-order valence-electron chi connectivity index (χ1n) is 8.69. The first kappa shape index (κ1) is 17.0. The van der Waals surface area contributed by atoms with Gasteiger partial charge in [-0.2, -0.15) is 0 Å². The minimum atomic E-state index is -0.0634. The van der Waals surface area contributed by atoms with E-state index in [1.807, 2.05) is 19.1 Å². The van der Waals surface area contributed by atoms with Gasteiger partial charge < -0.3 is 24.6 Å². The lowest BCUT2D eigenvalue weighted by Crippen LogP contribution is -2.46. The molecular weight excluding hydrogens is 306 g/mol. The van der Waals surface area contributed by atoms with Crippen LogP contribution in [0.25, 0.3) is 0 Å². The fraction of sp³-hybridized carbons (Fsp3) is 0.611. The smallest absolute Gasteiger partial charge is 0.322 e. The van der Waals surface area contributed by atoms with Gasteiger partial charge in [0, 0.05) is 37.6 Å². The Morgan fingerprint density at radius 1 is 1.04 bits per heavy atom. The molecule has 2 heterocycles. The van der Waals surface area contributed by atoms with E-state index >= 15 is 0 Å². The second-order valence-corrected chi connectivity index (χ2v) is 6.77. The maximum absolute atomic E-state index is 12.3. The van der Waals surface area contributed by atoms with E-state index < -0.39 is 0 Å². The quantitative estimate of drug-likeness (QED) is 0.904. The summed E-state index contributed by atoms with van der Waals surface area (Å²) < 4.78 is 11.2. The van der Waals surface area contributed by atoms with Gasteiger partial charge >= 0.3 is 6.03 Å². The minimum Gasteiger partial charge on any atom is -0.375 e. The van der Waals surface area contributed by atoms with Crippen LogP contribution in [-0.4, -0.2) is 62.0 Å². The molecule has 0 aliphatic carbocycles. The van der Waals surface area contributed by atoms with Crippen LogP contribution in [0, 0.1) is 0 Å². The van der Waals surface area contributed by atoms with E-state index in [1.165, 1.54) is 0 Å². The van der Waals surface area contributed by atoms with Crippen LogP contribution in [-0.2, 0) is 9.47 Å². The lowest BCUT2D eigenvalue weighted by Gasteiger charge is -2.37. The molecule has 0 aromatic heterocycles. The van der Waals surface area contributed by atoms with Gasteiger partial charge in [0.1, 0.15) is 0 Å². The molecule has 3 atom stereocenters. The van der Waals surface area contributed by atoms with Crippen molar-refractivity contribution in [2.24, 2.45) is 0 Å². The predicted molar refractivity (Wildman–Crippen MR) is 94.7 cm³/mol. The zero-order valence-electron chi connectivity index (χ0n) is 14.7. The van der Waals surface area contributed by atoms with Gasteiger partial charge in [0.2, 0.25) is 0 Å². The summed E-state index contributed by atoms with van der Waals surface area (Å²) in [6, 6.07) is 7.97. The molecule has 0 spiro atoms. The van der Waals surface area contributed by atoms with Crippen LogP contribution in [0.2, 0.25) is 0 Å². The number of ether oxygens (including phenoxy) is 2. The SMILES string of the molecule is C[C@@H]1CN(C(=O)Nc2ccc(N3C[C@H](C)O[C@@H](C)C3)cc2)CCO1. The molecule has 24 heavy (non-hydrogen) atoms. The van der Waals surface area contributed by atoms with Gasteiger partial charge in [0.25, 0.3) is 0 Å². The summed E-state index contributed by atoms with van der Waals surface area (Å²) in [5.41, 5.74) is 1.98. The second-order valence-electron chi connectivity index (χ2n) is 6.77. The third-order valence-electron chi connectivity index (χ3n) is 4.43. The number of rotatable bonds is 2. The van der Waals surface area contributed by atoms with Gasteiger partial charge in [0.05, 0.1) is 24.9 Å². The molecule has 132 valence electrons. The van der Waals surface area contributed by atoms with Crippen molar-refractivity contribution in [3.63, 3.8) is 0 Å². The lowest BCUT2D eigenvalue weighted by atomic mass is 10.2. The summed E-state index contributed by atoms with van der Waals surface area (Å²) in [4.78, 5) is 16.4. The number of nitrogens with zero attached hydrogens (tertiary/aromatic N) is 2. The third kappa shape index (κ3) is 4.19. The van der Waals surface area contributed by atoms with Gasteiger partial charge in [-0.15, -0.1) is 0 Å². The number of hydrogen-bond donors (Lipinski definition) is 1. The average Bonchev–Trinajstić information content (AvgIpc) is 2.54. The number of amides is 2. The number of carbonyl (C=O) groups is 1. The molecule has 2 aliphatic rings. The van der Waals surface area contributed by atoms with E-state index in [1.54, 1.807) is 4.90 Å². The van der Waals surface area contributed by atoms with E-state index in [9.17, 15) is 4.79 Å². The summed E-state index contributed by atoms with van der Waals surface area (Å²) in [6.45, 7) is 9.83. The molecule has 0 bridgehead atoms. The standard InChI is InChI=1S/C18H27N3O3/c1-13-10-20(8-9-23-13)18(22)19-16-4-6-17(7-5-16)21-11-14(2)24-15(3)12-21/h4-7,13-15H,8-12H2,1-3H3,(H,19,22)/t13-,14+,15+/m1/s1. The summed E-state index contributed by atoms with van der Waals surface area (Å²) >= 11 is 0. The molecule has 2 fully saturated rings. The highest BCUT2D eigenvalue weighted by Gasteiger charge is 2.23. The Balaban J connectivity index is 1.59. The highest BCUT2D eigenvalue weighted by atomic mass is 16.5. The summed E-state index contributed by atoms with van der Waals surface area (Å²) in [5, 5.41) is 2.97. The number of urea groups is 1. The number of benzene rings is 1. The minimum absolute atomic E-state index is 0.0634. The molecule has 1 N–H and O–H groups in total. The molecular formula is C18H27N3O3. The monoisotopic (exact) mass is 333 g/mol. The molecule has 1 aromatic rings. The Morgan fingerprint density at radius 2 is 1.71 bits per heavy atom. The Labute approximate surface area is 143 Å². The highest BCUT2D eigenvalue weighted by Crippen LogP contribution is 2.22. The molecule has 6 nitrogen and oxygen atoms in total. The normalized spacial score (nSPS) is 27.9. The van der Waals surface area contributed by atoms with Gasteiger partial charge in [-0.1, -0.05) is 0 Å². The summed E-state index contributed by atoms with van der Waals surface area (Å²) in [5.74, 6) is 0. The van der Waals surface area contributed by atoms with E-state index in [2.05, 4.69) is 36.2 Å². The Kier molecular flexibility index (Phi) is 5.26. The Bertz CT molecular complexity index is 553. The van der Waals surface area contributed by atoms with Gasteiger partial charge in [-0.3, -0.25) is 0 Å². The third-order valence-corrected chi connectivity index (χ3v) is 4.43. The van der Waals surface area contributed by atoms with Crippen molar-refractivity contribution in [1.29, 1.82) is 0 Å². The largest absolute Gasteiger partial charge is 0.375 e. The molecule has 3 rings (SSSR count). The van der Waals surface area contributed by atoms with Gasteiger partial charge in [-0.05, 0) is 45.0 Å². The maximum Gasteiger partial charge on any atom is 0.322 e. The first-order valence-corrected chi connectivity index (χ1v) is 8.69. The van der Waals surface area contributed by atoms with Crippen LogP contribution in [0.3, 0.4) is 0 Å². The first-order chi connectivity index (χ1) is 11.5. The second kappa shape index (κ2) is 7.40. The van der Waals surface area contributed by atoms with Crippen molar-refractivity contribution >= 4 is 17.4 Å². The Hall–Kier alpha value is -1.79. The van der Waals surface area contributed by atoms with Crippen LogP contribution < -0.4 is 10.2 Å². The van der Waals surface area contributed by atoms with Crippen molar-refractivity contribution in [3.8, 4) is 0 Å². The topological polar surface area (TPSA) is 54.0 Å². The van der Waals surface area contributed by atoms with Crippen molar-refractivity contribution in [2.45, 2.75) is 39.1 Å². The summed E-state index contributed by atoms with van der Waals surface area (Å²) in [7, 11) is 0. The zero-order chi connectivity index (χ0) is 17.1. The molecule has 2 amide bonds. The molecule has 1 aromatic carbocycles. The number of carbonyl (C=O) groups excluding carboxylic acids is 1. The molecule has 2 saturated heterocycles. The number of morpholine rings is 2. The van der Waals surface area contributed by atoms with E-state index in [0.29, 0.717) is 19.7 Å². The van der Waals surface area contributed by atoms with Crippen molar-refractivity contribution in [1.82, 2.24) is 4.90 Å². The van der Waals surface area contributed by atoms with Crippen LogP contribution in [0.1, 0.15) is 20.8 Å². The predicted octanol–water partition coefficient (Wildman–Crippen LogP) is 2.55. The van der Waals surface area contributed by atoms with Crippen molar-refractivity contribution in [2.75, 3.05) is 43.0 Å². The van der Waals surface area contributed by atoms with Crippen LogP contribution in [0.15, 0.2) is 24.3 Å². The van der Waals surface area contributed by atoms with Crippen LogP contribution >= 0.6 is 0 Å². The zero-order valence-corrected chi connectivity index (χ0v) is 14.7. The fourth-order valence-electron chi connectivity index (χ4n) is 3.35.